The summed E-state index contributed by atoms with van der Waals surface area (Å²) in [7, 11) is 0. The van der Waals surface area contributed by atoms with Gasteiger partial charge in [-0.2, -0.15) is 0 Å². The number of carboxylic acids is 1. The number of rotatable bonds is 6. The van der Waals surface area contributed by atoms with Crippen molar-refractivity contribution in [3.63, 3.8) is 0 Å². The summed E-state index contributed by atoms with van der Waals surface area (Å²) in [4.78, 5) is 29.6. The molecule has 1 atom stereocenters. The SMILES string of the molecule is Cc1cc(C(=O)NC(C)[C@H]2CC[C@H](C(=O)O)CC2)c2c(ccn2Cc2ccc3ccccc3n2)c1. The number of pyridine rings is 1. The Kier molecular flexibility index (Phi) is 6.29. The van der Waals surface area contributed by atoms with Gasteiger partial charge in [0.25, 0.3) is 5.91 Å². The minimum atomic E-state index is -0.705. The fraction of sp³-hybridized carbons (Fsp3) is 0.345. The molecule has 0 aliphatic heterocycles. The Hall–Kier alpha value is -3.67. The lowest BCUT2D eigenvalue weighted by atomic mass is 9.79. The molecule has 2 aromatic carbocycles. The van der Waals surface area contributed by atoms with E-state index in [2.05, 4.69) is 34.1 Å². The van der Waals surface area contributed by atoms with Crippen LogP contribution in [0, 0.1) is 18.8 Å². The molecule has 6 nitrogen and oxygen atoms in total. The van der Waals surface area contributed by atoms with Crippen molar-refractivity contribution in [2.24, 2.45) is 11.8 Å². The number of carboxylic acid groups (broad SMARTS) is 1. The third-order valence-corrected chi connectivity index (χ3v) is 7.43. The summed E-state index contributed by atoms with van der Waals surface area (Å²) in [5.74, 6) is -0.747. The topological polar surface area (TPSA) is 84.2 Å². The number of fused-ring (bicyclic) bond motifs is 2. The van der Waals surface area contributed by atoms with E-state index in [-0.39, 0.29) is 17.9 Å². The van der Waals surface area contributed by atoms with Crippen LogP contribution in [0.5, 0.6) is 0 Å². The predicted octanol–water partition coefficient (Wildman–Crippen LogP) is 5.56. The van der Waals surface area contributed by atoms with Crippen molar-refractivity contribution in [1.82, 2.24) is 14.9 Å². The Morgan fingerprint density at radius 1 is 1.06 bits per heavy atom. The van der Waals surface area contributed by atoms with Crippen LogP contribution in [0.3, 0.4) is 0 Å². The highest BCUT2D eigenvalue weighted by molar-refractivity contribution is 6.06. The van der Waals surface area contributed by atoms with Crippen LogP contribution in [0.4, 0.5) is 0 Å². The number of para-hydroxylation sites is 1. The monoisotopic (exact) mass is 469 g/mol. The quantitative estimate of drug-likeness (QED) is 0.387. The highest BCUT2D eigenvalue weighted by Crippen LogP contribution is 2.31. The summed E-state index contributed by atoms with van der Waals surface area (Å²) in [6.07, 6.45) is 5.03. The molecule has 0 spiro atoms. The molecule has 2 N–H and O–H groups in total. The van der Waals surface area contributed by atoms with Crippen molar-refractivity contribution in [3.05, 3.63) is 77.6 Å². The second-order valence-corrected chi connectivity index (χ2v) is 9.90. The number of nitrogens with zero attached hydrogens (tertiary/aromatic N) is 2. The van der Waals surface area contributed by atoms with E-state index in [9.17, 15) is 14.7 Å². The summed E-state index contributed by atoms with van der Waals surface area (Å²) in [6.45, 7) is 4.62. The lowest BCUT2D eigenvalue weighted by Crippen LogP contribution is -2.40. The van der Waals surface area contributed by atoms with Crippen molar-refractivity contribution in [2.75, 3.05) is 0 Å². The first-order chi connectivity index (χ1) is 16.9. The number of carbonyl (C=O) groups excluding carboxylic acids is 1. The van der Waals surface area contributed by atoms with Gasteiger partial charge in [0.1, 0.15) is 0 Å². The van der Waals surface area contributed by atoms with E-state index >= 15 is 0 Å². The van der Waals surface area contributed by atoms with Crippen LogP contribution in [0.1, 0.15) is 54.2 Å². The first-order valence-corrected chi connectivity index (χ1v) is 12.4. The molecule has 1 saturated carbocycles. The van der Waals surface area contributed by atoms with Crippen LogP contribution in [0.2, 0.25) is 0 Å². The van der Waals surface area contributed by atoms with E-state index in [1.165, 1.54) is 0 Å². The molecule has 1 unspecified atom stereocenters. The highest BCUT2D eigenvalue weighted by Gasteiger charge is 2.30. The van der Waals surface area contributed by atoms with E-state index in [4.69, 9.17) is 4.98 Å². The van der Waals surface area contributed by atoms with Crippen LogP contribution in [0.15, 0.2) is 60.8 Å². The molecule has 0 radical (unpaired) electrons. The number of benzene rings is 2. The normalized spacial score (nSPS) is 19.0. The summed E-state index contributed by atoms with van der Waals surface area (Å²) >= 11 is 0. The molecule has 0 bridgehead atoms. The standard InChI is InChI=1S/C29H31N3O3/c1-18-15-23-13-14-32(17-24-12-11-21-5-3-4-6-26(21)31-24)27(23)25(16-18)28(33)30-19(2)20-7-9-22(10-8-20)29(34)35/h3-6,11-16,19-20,22H,7-10,17H2,1-2H3,(H,30,33)(H,34,35)/t19?,20-,22-. The van der Waals surface area contributed by atoms with E-state index in [0.717, 1.165) is 45.9 Å². The lowest BCUT2D eigenvalue weighted by molar-refractivity contribution is -0.143. The number of hydrogen-bond acceptors (Lipinski definition) is 3. The van der Waals surface area contributed by atoms with Gasteiger partial charge in [-0.05, 0) is 81.3 Å². The largest absolute Gasteiger partial charge is 0.481 e. The zero-order chi connectivity index (χ0) is 24.5. The van der Waals surface area contributed by atoms with Gasteiger partial charge in [-0.3, -0.25) is 14.6 Å². The second-order valence-electron chi connectivity index (χ2n) is 9.90. The fourth-order valence-corrected chi connectivity index (χ4v) is 5.44. The number of hydrogen-bond donors (Lipinski definition) is 2. The predicted molar refractivity (Wildman–Crippen MR) is 138 cm³/mol. The number of nitrogens with one attached hydrogen (secondary N) is 1. The van der Waals surface area contributed by atoms with Gasteiger partial charge in [-0.15, -0.1) is 0 Å². The molecule has 2 heterocycles. The van der Waals surface area contributed by atoms with Crippen molar-refractivity contribution in [1.29, 1.82) is 0 Å². The van der Waals surface area contributed by atoms with Crippen LogP contribution in [0.25, 0.3) is 21.8 Å². The number of aromatic nitrogens is 2. The molecular weight excluding hydrogens is 438 g/mol. The highest BCUT2D eigenvalue weighted by atomic mass is 16.4. The van der Waals surface area contributed by atoms with Crippen molar-refractivity contribution >= 4 is 33.7 Å². The van der Waals surface area contributed by atoms with Crippen molar-refractivity contribution in [3.8, 4) is 0 Å². The van der Waals surface area contributed by atoms with Gasteiger partial charge in [-0.1, -0.05) is 24.3 Å². The van der Waals surface area contributed by atoms with Crippen LogP contribution in [-0.2, 0) is 11.3 Å². The Labute approximate surface area is 205 Å². The molecule has 2 aromatic heterocycles. The maximum absolute atomic E-state index is 13.5. The summed E-state index contributed by atoms with van der Waals surface area (Å²) < 4.78 is 2.10. The molecule has 5 rings (SSSR count). The van der Waals surface area contributed by atoms with E-state index in [1.54, 1.807) is 0 Å². The van der Waals surface area contributed by atoms with Gasteiger partial charge >= 0.3 is 5.97 Å². The van der Waals surface area contributed by atoms with Crippen molar-refractivity contribution in [2.45, 2.75) is 52.1 Å². The molecule has 1 amide bonds. The fourth-order valence-electron chi connectivity index (χ4n) is 5.44. The molecule has 6 heteroatoms. The Bertz CT molecular complexity index is 1400. The van der Waals surface area contributed by atoms with E-state index in [0.29, 0.717) is 30.9 Å². The average Bonchev–Trinajstić information content (AvgIpc) is 3.25. The van der Waals surface area contributed by atoms with Crippen LogP contribution >= 0.6 is 0 Å². The molecule has 35 heavy (non-hydrogen) atoms. The second kappa shape index (κ2) is 9.53. The Balaban J connectivity index is 1.39. The van der Waals surface area contributed by atoms with Gasteiger partial charge < -0.3 is 15.0 Å². The Morgan fingerprint density at radius 3 is 2.60 bits per heavy atom. The maximum Gasteiger partial charge on any atom is 0.306 e. The van der Waals surface area contributed by atoms with Crippen LogP contribution < -0.4 is 5.32 Å². The minimum absolute atomic E-state index is 0.0154. The van der Waals surface area contributed by atoms with Gasteiger partial charge in [0, 0.05) is 23.0 Å². The number of aliphatic carboxylic acids is 1. The smallest absolute Gasteiger partial charge is 0.306 e. The first-order valence-electron chi connectivity index (χ1n) is 12.4. The first kappa shape index (κ1) is 23.1. The number of carbonyl (C=O) groups is 2. The summed E-state index contributed by atoms with van der Waals surface area (Å²) in [5, 5.41) is 14.6. The Morgan fingerprint density at radius 2 is 1.83 bits per heavy atom. The zero-order valence-corrected chi connectivity index (χ0v) is 20.2. The lowest BCUT2D eigenvalue weighted by Gasteiger charge is -2.31. The number of amides is 1. The molecule has 0 saturated heterocycles. The summed E-state index contributed by atoms with van der Waals surface area (Å²) in [5.41, 5.74) is 4.51. The molecule has 1 aliphatic rings. The average molecular weight is 470 g/mol. The van der Waals surface area contributed by atoms with Gasteiger partial charge in [0.05, 0.1) is 34.8 Å². The summed E-state index contributed by atoms with van der Waals surface area (Å²) in [6, 6.07) is 18.3. The third-order valence-electron chi connectivity index (χ3n) is 7.43. The van der Waals surface area contributed by atoms with E-state index < -0.39 is 5.97 Å². The molecule has 1 fully saturated rings. The number of aryl methyl sites for hydroxylation is 1. The molecule has 180 valence electrons. The molecule has 4 aromatic rings. The van der Waals surface area contributed by atoms with E-state index in [1.807, 2.05) is 50.4 Å². The molecular formula is C29H31N3O3. The van der Waals surface area contributed by atoms with Gasteiger partial charge in [-0.25, -0.2) is 0 Å². The third kappa shape index (κ3) is 4.78. The van der Waals surface area contributed by atoms with Crippen molar-refractivity contribution < 1.29 is 14.7 Å². The van der Waals surface area contributed by atoms with Gasteiger partial charge in [0.2, 0.25) is 0 Å². The van der Waals surface area contributed by atoms with Crippen LogP contribution in [-0.4, -0.2) is 32.6 Å². The van der Waals surface area contributed by atoms with Gasteiger partial charge in [0.15, 0.2) is 0 Å². The molecule has 1 aliphatic carbocycles. The minimum Gasteiger partial charge on any atom is -0.481 e. The maximum atomic E-state index is 13.5. The zero-order valence-electron chi connectivity index (χ0n) is 20.2.